The number of aryl methyl sites for hydroxylation is 3. The highest BCUT2D eigenvalue weighted by Crippen LogP contribution is 2.32. The van der Waals surface area contributed by atoms with Crippen LogP contribution in [-0.4, -0.2) is 44.5 Å². The van der Waals surface area contributed by atoms with Gasteiger partial charge in [0.05, 0.1) is 12.7 Å². The van der Waals surface area contributed by atoms with E-state index in [1.165, 1.54) is 0 Å². The van der Waals surface area contributed by atoms with Crippen molar-refractivity contribution < 1.29 is 0 Å². The molecule has 0 saturated heterocycles. The van der Waals surface area contributed by atoms with Crippen molar-refractivity contribution in [3.8, 4) is 28.3 Å². The van der Waals surface area contributed by atoms with Gasteiger partial charge in [-0.2, -0.15) is 5.10 Å². The van der Waals surface area contributed by atoms with Crippen molar-refractivity contribution in [2.45, 2.75) is 39.7 Å². The molecule has 0 bridgehead atoms. The Balaban J connectivity index is 1.62. The molecular weight excluding hydrogens is 442 g/mol. The minimum atomic E-state index is -0.0923. The fourth-order valence-electron chi connectivity index (χ4n) is 4.48. The number of H-pyrrole nitrogens is 1. The van der Waals surface area contributed by atoms with Crippen molar-refractivity contribution in [2.24, 2.45) is 7.05 Å². The Morgan fingerprint density at radius 1 is 1.06 bits per heavy atom. The zero-order valence-corrected chi connectivity index (χ0v) is 20.0. The number of nitrogens with zero attached hydrogens (tertiary/aromatic N) is 8. The Labute approximate surface area is 202 Å². The van der Waals surface area contributed by atoms with Crippen LogP contribution in [0.1, 0.15) is 36.6 Å². The molecule has 5 aromatic rings. The van der Waals surface area contributed by atoms with Gasteiger partial charge in [-0.05, 0) is 52.9 Å². The quantitative estimate of drug-likeness (QED) is 0.373. The van der Waals surface area contributed by atoms with Crippen LogP contribution in [0.5, 0.6) is 0 Å². The molecule has 0 spiro atoms. The molecule has 0 radical (unpaired) electrons. The van der Waals surface area contributed by atoms with E-state index in [-0.39, 0.29) is 5.69 Å². The first-order valence-electron chi connectivity index (χ1n) is 11.6. The summed E-state index contributed by atoms with van der Waals surface area (Å²) in [5, 5.41) is 18.7. The Bertz CT molecular complexity index is 1490. The summed E-state index contributed by atoms with van der Waals surface area (Å²) in [6, 6.07) is 9.90. The van der Waals surface area contributed by atoms with Gasteiger partial charge in [0.1, 0.15) is 5.82 Å². The summed E-state index contributed by atoms with van der Waals surface area (Å²) in [4.78, 5) is 18.1. The monoisotopic (exact) mass is 469 g/mol. The molecule has 0 aliphatic carbocycles. The highest BCUT2D eigenvalue weighted by molar-refractivity contribution is 5.81. The van der Waals surface area contributed by atoms with Gasteiger partial charge >= 0.3 is 5.69 Å². The molecule has 10 heteroatoms. The number of aromatic amines is 1. The Kier molecular flexibility index (Phi) is 6.09. The maximum absolute atomic E-state index is 13.7. The molecule has 0 aliphatic rings. The fourth-order valence-corrected chi connectivity index (χ4v) is 4.48. The number of unbranched alkanes of at least 4 members (excludes halogenated alkanes) is 1. The van der Waals surface area contributed by atoms with Crippen LogP contribution in [0, 0.1) is 6.92 Å². The number of aromatic nitrogens is 9. The van der Waals surface area contributed by atoms with Crippen molar-refractivity contribution in [2.75, 3.05) is 0 Å². The summed E-state index contributed by atoms with van der Waals surface area (Å²) >= 11 is 0. The first kappa shape index (κ1) is 22.5. The zero-order valence-electron chi connectivity index (χ0n) is 20.0. The second kappa shape index (κ2) is 9.49. The number of rotatable bonds is 8. The molecule has 4 aromatic heterocycles. The average Bonchev–Trinajstić information content (AvgIpc) is 3.59. The average molecular weight is 470 g/mol. The number of imidazole rings is 1. The molecule has 10 nitrogen and oxygen atoms in total. The van der Waals surface area contributed by atoms with E-state index in [0.29, 0.717) is 12.4 Å². The number of pyridine rings is 1. The van der Waals surface area contributed by atoms with Crippen LogP contribution in [0.15, 0.2) is 59.9 Å². The van der Waals surface area contributed by atoms with Crippen LogP contribution in [0.3, 0.4) is 0 Å². The molecular formula is C25H27N9O. The number of hydrogen-bond acceptors (Lipinski definition) is 6. The van der Waals surface area contributed by atoms with E-state index in [4.69, 9.17) is 0 Å². The molecule has 5 rings (SSSR count). The second-order valence-electron chi connectivity index (χ2n) is 8.57. The first-order valence-corrected chi connectivity index (χ1v) is 11.6. The molecule has 178 valence electrons. The molecule has 0 amide bonds. The van der Waals surface area contributed by atoms with E-state index in [1.807, 2.05) is 61.3 Å². The highest BCUT2D eigenvalue weighted by atomic mass is 16.1. The second-order valence-corrected chi connectivity index (χ2v) is 8.57. The number of tetrazole rings is 1. The lowest BCUT2D eigenvalue weighted by Crippen LogP contribution is -2.26. The highest BCUT2D eigenvalue weighted by Gasteiger charge is 2.19. The molecule has 0 aliphatic heterocycles. The summed E-state index contributed by atoms with van der Waals surface area (Å²) in [6.45, 7) is 4.51. The summed E-state index contributed by atoms with van der Waals surface area (Å²) in [5.74, 6) is 1.36. The normalized spacial score (nSPS) is 11.3. The lowest BCUT2D eigenvalue weighted by Gasteiger charge is -2.14. The largest absolute Gasteiger partial charge is 0.334 e. The van der Waals surface area contributed by atoms with Crippen molar-refractivity contribution in [3.63, 3.8) is 0 Å². The SMILES string of the molecule is CCCCc1cn(-c2c(C)cnn2C)c(=O)n1Cc1cnccc1-c1ccccc1-c1nnn[nH]1. The van der Waals surface area contributed by atoms with Gasteiger partial charge < -0.3 is 0 Å². The predicted octanol–water partition coefficient (Wildman–Crippen LogP) is 3.31. The minimum absolute atomic E-state index is 0.0923. The van der Waals surface area contributed by atoms with Crippen molar-refractivity contribution in [1.82, 2.24) is 44.5 Å². The third-order valence-electron chi connectivity index (χ3n) is 6.21. The van der Waals surface area contributed by atoms with Gasteiger partial charge in [0.2, 0.25) is 0 Å². The molecule has 0 fully saturated rings. The van der Waals surface area contributed by atoms with Gasteiger partial charge in [-0.3, -0.25) is 18.8 Å². The standard InChI is InChI=1S/C25H27N9O/c1-4-5-8-19-16-34(24-17(2)13-27-32(24)3)25(35)33(19)15-18-14-26-12-11-20(18)21-9-6-7-10-22(21)23-28-30-31-29-23/h6-7,9-14,16H,4-5,8,15H2,1-3H3,(H,28,29,30,31). The van der Waals surface area contributed by atoms with Crippen molar-refractivity contribution >= 4 is 0 Å². The van der Waals surface area contributed by atoms with Gasteiger partial charge in [0.25, 0.3) is 0 Å². The summed E-state index contributed by atoms with van der Waals surface area (Å²) in [5.41, 5.74) is 5.60. The molecule has 1 aromatic carbocycles. The van der Waals surface area contributed by atoms with Crippen LogP contribution in [0.25, 0.3) is 28.3 Å². The summed E-state index contributed by atoms with van der Waals surface area (Å²) in [7, 11) is 1.85. The van der Waals surface area contributed by atoms with Crippen LogP contribution in [-0.2, 0) is 20.0 Å². The lowest BCUT2D eigenvalue weighted by molar-refractivity contribution is 0.663. The third-order valence-corrected chi connectivity index (χ3v) is 6.21. The Morgan fingerprint density at radius 3 is 2.60 bits per heavy atom. The van der Waals surface area contributed by atoms with Crippen LogP contribution < -0.4 is 5.69 Å². The van der Waals surface area contributed by atoms with Gasteiger partial charge in [0, 0.05) is 42.5 Å². The van der Waals surface area contributed by atoms with E-state index < -0.39 is 0 Å². The van der Waals surface area contributed by atoms with E-state index in [1.54, 1.807) is 21.6 Å². The van der Waals surface area contributed by atoms with Crippen LogP contribution in [0.4, 0.5) is 0 Å². The molecule has 4 heterocycles. The first-order chi connectivity index (χ1) is 17.1. The van der Waals surface area contributed by atoms with Crippen LogP contribution >= 0.6 is 0 Å². The molecule has 35 heavy (non-hydrogen) atoms. The maximum atomic E-state index is 13.7. The lowest BCUT2D eigenvalue weighted by atomic mass is 9.96. The Morgan fingerprint density at radius 2 is 1.89 bits per heavy atom. The third kappa shape index (κ3) is 4.18. The summed E-state index contributed by atoms with van der Waals surface area (Å²) in [6.07, 6.45) is 10.2. The fraction of sp³-hybridized carbons (Fsp3) is 0.280. The smallest absolute Gasteiger partial charge is 0.291 e. The van der Waals surface area contributed by atoms with Crippen molar-refractivity contribution in [1.29, 1.82) is 0 Å². The number of nitrogens with one attached hydrogen (secondary N) is 1. The molecule has 0 saturated carbocycles. The number of hydrogen-bond donors (Lipinski definition) is 1. The van der Waals surface area contributed by atoms with E-state index >= 15 is 0 Å². The number of benzene rings is 1. The predicted molar refractivity (Wildman–Crippen MR) is 132 cm³/mol. The minimum Gasteiger partial charge on any atom is -0.291 e. The topological polar surface area (TPSA) is 112 Å². The van der Waals surface area contributed by atoms with Gasteiger partial charge in [0.15, 0.2) is 5.82 Å². The van der Waals surface area contributed by atoms with Crippen molar-refractivity contribution in [3.05, 3.63) is 82.4 Å². The molecule has 1 N–H and O–H groups in total. The van der Waals surface area contributed by atoms with E-state index in [0.717, 1.165) is 58.6 Å². The van der Waals surface area contributed by atoms with Gasteiger partial charge in [-0.1, -0.05) is 37.6 Å². The van der Waals surface area contributed by atoms with Gasteiger partial charge in [-0.25, -0.2) is 9.89 Å². The van der Waals surface area contributed by atoms with Gasteiger partial charge in [-0.15, -0.1) is 5.10 Å². The molecule has 0 atom stereocenters. The zero-order chi connectivity index (χ0) is 24.4. The van der Waals surface area contributed by atoms with E-state index in [9.17, 15) is 4.79 Å². The maximum Gasteiger partial charge on any atom is 0.334 e. The van der Waals surface area contributed by atoms with Crippen LogP contribution in [0.2, 0.25) is 0 Å². The van der Waals surface area contributed by atoms with E-state index in [2.05, 4.69) is 37.6 Å². The summed E-state index contributed by atoms with van der Waals surface area (Å²) < 4.78 is 5.29. The Hall–Kier alpha value is -4.34. The molecule has 0 unspecified atom stereocenters.